The first-order chi connectivity index (χ1) is 8.15. The number of ketones is 1. The average Bonchev–Trinajstić information content (AvgIpc) is 3.07. The van der Waals surface area contributed by atoms with Gasteiger partial charge >= 0.3 is 0 Å². The second-order valence-corrected chi connectivity index (χ2v) is 5.28. The molecular weight excluding hydrogens is 285 g/mol. The van der Waals surface area contributed by atoms with E-state index in [0.29, 0.717) is 18.9 Å². The molecule has 1 aromatic carbocycles. The van der Waals surface area contributed by atoms with Gasteiger partial charge in [-0.25, -0.2) is 4.39 Å². The van der Waals surface area contributed by atoms with E-state index in [1.54, 1.807) is 6.07 Å². The quantitative estimate of drug-likeness (QED) is 0.875. The van der Waals surface area contributed by atoms with Crippen molar-refractivity contribution in [1.29, 1.82) is 0 Å². The Bertz CT molecular complexity index is 418. The van der Waals surface area contributed by atoms with Crippen LogP contribution in [0.5, 0.6) is 0 Å². The van der Waals surface area contributed by atoms with Gasteiger partial charge < -0.3 is 5.32 Å². The lowest BCUT2D eigenvalue weighted by molar-refractivity contribution is -0.118. The Morgan fingerprint density at radius 1 is 1.47 bits per heavy atom. The number of nitrogens with one attached hydrogen (secondary N) is 1. The predicted octanol–water partition coefficient (Wildman–Crippen LogP) is 2.84. The molecule has 1 aromatic rings. The zero-order valence-corrected chi connectivity index (χ0v) is 11.1. The molecule has 0 saturated heterocycles. The van der Waals surface area contributed by atoms with E-state index in [1.807, 2.05) is 0 Å². The zero-order valence-electron chi connectivity index (χ0n) is 9.51. The smallest absolute Gasteiger partial charge is 0.138 e. The molecule has 92 valence electrons. The molecule has 0 aromatic heterocycles. The Morgan fingerprint density at radius 3 is 2.94 bits per heavy atom. The fourth-order valence-electron chi connectivity index (χ4n) is 1.68. The third kappa shape index (κ3) is 4.21. The van der Waals surface area contributed by atoms with Crippen molar-refractivity contribution in [3.63, 3.8) is 0 Å². The summed E-state index contributed by atoms with van der Waals surface area (Å²) in [6, 6.07) is 5.06. The van der Waals surface area contributed by atoms with Gasteiger partial charge in [-0.2, -0.15) is 0 Å². The predicted molar refractivity (Wildman–Crippen MR) is 68.5 cm³/mol. The average molecular weight is 300 g/mol. The molecule has 0 bridgehead atoms. The van der Waals surface area contributed by atoms with E-state index in [4.69, 9.17) is 0 Å². The molecule has 1 N–H and O–H groups in total. The van der Waals surface area contributed by atoms with Crippen molar-refractivity contribution in [3.8, 4) is 0 Å². The topological polar surface area (TPSA) is 29.1 Å². The minimum Gasteiger partial charge on any atom is -0.314 e. The Labute approximate surface area is 109 Å². The van der Waals surface area contributed by atoms with Crippen LogP contribution in [0, 0.1) is 5.82 Å². The molecule has 0 unspecified atom stereocenters. The Kier molecular flexibility index (Phi) is 4.29. The van der Waals surface area contributed by atoms with Crippen LogP contribution in [-0.4, -0.2) is 18.4 Å². The Balaban J connectivity index is 1.81. The molecule has 17 heavy (non-hydrogen) atoms. The molecule has 0 aliphatic heterocycles. The fourth-order valence-corrected chi connectivity index (χ4v) is 2.07. The Morgan fingerprint density at radius 2 is 2.24 bits per heavy atom. The number of Topliss-reactive ketones (excluding diaryl/α,β-unsaturated/α-hetero) is 1. The van der Waals surface area contributed by atoms with Crippen molar-refractivity contribution < 1.29 is 9.18 Å². The van der Waals surface area contributed by atoms with Gasteiger partial charge in [0.25, 0.3) is 0 Å². The van der Waals surface area contributed by atoms with Crippen LogP contribution in [0.1, 0.15) is 24.8 Å². The molecule has 0 atom stereocenters. The number of hydrogen-bond acceptors (Lipinski definition) is 2. The van der Waals surface area contributed by atoms with Gasteiger partial charge in [0.2, 0.25) is 0 Å². The summed E-state index contributed by atoms with van der Waals surface area (Å²) in [5, 5.41) is 3.29. The molecule has 0 heterocycles. The largest absolute Gasteiger partial charge is 0.314 e. The first-order valence-corrected chi connectivity index (χ1v) is 6.63. The molecule has 0 radical (unpaired) electrons. The standard InChI is InChI=1S/C13H15BrFNO/c14-13-4-1-10(15)7-9(13)8-12(17)5-6-16-11-2-3-11/h1,4,7,11,16H,2-3,5-6,8H2. The molecule has 2 rings (SSSR count). The first-order valence-electron chi connectivity index (χ1n) is 5.84. The van der Waals surface area contributed by atoms with Crippen molar-refractivity contribution in [2.45, 2.75) is 31.7 Å². The highest BCUT2D eigenvalue weighted by molar-refractivity contribution is 9.10. The second kappa shape index (κ2) is 5.74. The number of halogens is 2. The third-order valence-corrected chi connectivity index (χ3v) is 3.58. The highest BCUT2D eigenvalue weighted by atomic mass is 79.9. The van der Waals surface area contributed by atoms with Crippen LogP contribution >= 0.6 is 15.9 Å². The maximum atomic E-state index is 13.0. The SMILES string of the molecule is O=C(CCNC1CC1)Cc1cc(F)ccc1Br. The maximum absolute atomic E-state index is 13.0. The van der Waals surface area contributed by atoms with Gasteiger partial charge in [0, 0.05) is 29.9 Å². The summed E-state index contributed by atoms with van der Waals surface area (Å²) < 4.78 is 13.8. The summed E-state index contributed by atoms with van der Waals surface area (Å²) in [6.07, 6.45) is 3.26. The van der Waals surface area contributed by atoms with Gasteiger partial charge in [-0.15, -0.1) is 0 Å². The van der Waals surface area contributed by atoms with Crippen LogP contribution in [0.25, 0.3) is 0 Å². The summed E-state index contributed by atoms with van der Waals surface area (Å²) in [7, 11) is 0. The van der Waals surface area contributed by atoms with E-state index < -0.39 is 0 Å². The van der Waals surface area contributed by atoms with E-state index in [2.05, 4.69) is 21.2 Å². The summed E-state index contributed by atoms with van der Waals surface area (Å²) >= 11 is 3.33. The van der Waals surface area contributed by atoms with E-state index in [0.717, 1.165) is 16.6 Å². The van der Waals surface area contributed by atoms with Crippen molar-refractivity contribution in [3.05, 3.63) is 34.1 Å². The molecule has 1 fully saturated rings. The van der Waals surface area contributed by atoms with Crippen molar-refractivity contribution >= 4 is 21.7 Å². The first kappa shape index (κ1) is 12.7. The number of hydrogen-bond donors (Lipinski definition) is 1. The number of carbonyl (C=O) groups excluding carboxylic acids is 1. The van der Waals surface area contributed by atoms with Crippen LogP contribution in [0.2, 0.25) is 0 Å². The molecule has 2 nitrogen and oxygen atoms in total. The van der Waals surface area contributed by atoms with Gasteiger partial charge in [-0.3, -0.25) is 4.79 Å². The van der Waals surface area contributed by atoms with Crippen LogP contribution in [0.3, 0.4) is 0 Å². The molecule has 1 aliphatic rings. The normalized spacial score (nSPS) is 14.9. The van der Waals surface area contributed by atoms with Crippen molar-refractivity contribution in [2.24, 2.45) is 0 Å². The lowest BCUT2D eigenvalue weighted by Crippen LogP contribution is -2.20. The molecule has 0 amide bonds. The lowest BCUT2D eigenvalue weighted by atomic mass is 10.1. The molecule has 0 spiro atoms. The van der Waals surface area contributed by atoms with E-state index in [-0.39, 0.29) is 11.6 Å². The van der Waals surface area contributed by atoms with Crippen molar-refractivity contribution in [2.75, 3.05) is 6.54 Å². The van der Waals surface area contributed by atoms with E-state index >= 15 is 0 Å². The van der Waals surface area contributed by atoms with E-state index in [9.17, 15) is 9.18 Å². The van der Waals surface area contributed by atoms with Gasteiger partial charge in [-0.05, 0) is 36.6 Å². The van der Waals surface area contributed by atoms with Gasteiger partial charge in [-0.1, -0.05) is 15.9 Å². The minimum absolute atomic E-state index is 0.143. The number of benzene rings is 1. The monoisotopic (exact) mass is 299 g/mol. The molecule has 4 heteroatoms. The number of carbonyl (C=O) groups is 1. The second-order valence-electron chi connectivity index (χ2n) is 4.43. The Hall–Kier alpha value is -0.740. The lowest BCUT2D eigenvalue weighted by Gasteiger charge is -2.05. The van der Waals surface area contributed by atoms with Crippen molar-refractivity contribution in [1.82, 2.24) is 5.32 Å². The summed E-state index contributed by atoms with van der Waals surface area (Å²) in [5.74, 6) is -0.156. The van der Waals surface area contributed by atoms with Crippen LogP contribution in [0.15, 0.2) is 22.7 Å². The highest BCUT2D eigenvalue weighted by Crippen LogP contribution is 2.20. The maximum Gasteiger partial charge on any atom is 0.138 e. The van der Waals surface area contributed by atoms with E-state index in [1.165, 1.54) is 25.0 Å². The molecule has 1 aliphatic carbocycles. The fraction of sp³-hybridized carbons (Fsp3) is 0.462. The number of rotatable bonds is 6. The van der Waals surface area contributed by atoms with Gasteiger partial charge in [0.1, 0.15) is 11.6 Å². The summed E-state index contributed by atoms with van der Waals surface area (Å²) in [4.78, 5) is 11.7. The zero-order chi connectivity index (χ0) is 12.3. The summed E-state index contributed by atoms with van der Waals surface area (Å²) in [5.41, 5.74) is 0.724. The molecule has 1 saturated carbocycles. The van der Waals surface area contributed by atoms with Gasteiger partial charge in [0.05, 0.1) is 0 Å². The minimum atomic E-state index is -0.299. The summed E-state index contributed by atoms with van der Waals surface area (Å²) in [6.45, 7) is 0.733. The van der Waals surface area contributed by atoms with Gasteiger partial charge in [0.15, 0.2) is 0 Å². The highest BCUT2D eigenvalue weighted by Gasteiger charge is 2.20. The van der Waals surface area contributed by atoms with Crippen LogP contribution in [0.4, 0.5) is 4.39 Å². The molecular formula is C13H15BrFNO. The third-order valence-electron chi connectivity index (χ3n) is 2.81. The van der Waals surface area contributed by atoms with Crippen LogP contribution < -0.4 is 5.32 Å². The van der Waals surface area contributed by atoms with Crippen LogP contribution in [-0.2, 0) is 11.2 Å².